The molecule has 1 aliphatic heterocycles. The van der Waals surface area contributed by atoms with Crippen molar-refractivity contribution in [3.63, 3.8) is 0 Å². The lowest BCUT2D eigenvalue weighted by atomic mass is 9.92. The van der Waals surface area contributed by atoms with E-state index in [9.17, 15) is 5.11 Å². The average Bonchev–Trinajstić information content (AvgIpc) is 2.65. The van der Waals surface area contributed by atoms with Crippen LogP contribution in [0.5, 0.6) is 0 Å². The Morgan fingerprint density at radius 1 is 1.50 bits per heavy atom. The molecule has 2 heterocycles. The summed E-state index contributed by atoms with van der Waals surface area (Å²) in [6, 6.07) is 3.93. The van der Waals surface area contributed by atoms with Gasteiger partial charge in [-0.2, -0.15) is 0 Å². The molecule has 2 rings (SSSR count). The van der Waals surface area contributed by atoms with E-state index in [1.165, 1.54) is 0 Å². The van der Waals surface area contributed by atoms with Gasteiger partial charge in [0.1, 0.15) is 5.76 Å². The van der Waals surface area contributed by atoms with Gasteiger partial charge in [0.2, 0.25) is 0 Å². The molecule has 0 saturated carbocycles. The Balaban J connectivity index is 1.81. The molecular formula is C12H18BrNO2. The average molecular weight is 288 g/mol. The molecule has 0 unspecified atom stereocenters. The molecule has 1 atom stereocenters. The highest BCUT2D eigenvalue weighted by atomic mass is 79.9. The van der Waals surface area contributed by atoms with Crippen LogP contribution < -0.4 is 0 Å². The number of halogens is 1. The summed E-state index contributed by atoms with van der Waals surface area (Å²) in [7, 11) is 0. The molecule has 4 heteroatoms. The molecule has 0 amide bonds. The van der Waals surface area contributed by atoms with Crippen LogP contribution >= 0.6 is 15.9 Å². The first-order valence-corrected chi connectivity index (χ1v) is 6.59. The van der Waals surface area contributed by atoms with Crippen LogP contribution in [0.1, 0.15) is 25.5 Å². The zero-order chi connectivity index (χ0) is 11.5. The monoisotopic (exact) mass is 287 g/mol. The molecule has 0 bridgehead atoms. The number of hydrogen-bond acceptors (Lipinski definition) is 3. The summed E-state index contributed by atoms with van der Waals surface area (Å²) < 4.78 is 6.28. The lowest BCUT2D eigenvalue weighted by Gasteiger charge is -2.32. The van der Waals surface area contributed by atoms with Gasteiger partial charge in [0.05, 0.1) is 12.6 Å². The molecule has 90 valence electrons. The number of piperidine rings is 1. The number of hydrogen-bond donors (Lipinski definition) is 1. The highest BCUT2D eigenvalue weighted by Crippen LogP contribution is 2.23. The van der Waals surface area contributed by atoms with Crippen molar-refractivity contribution >= 4 is 15.9 Å². The predicted molar refractivity (Wildman–Crippen MR) is 66.1 cm³/mol. The van der Waals surface area contributed by atoms with E-state index >= 15 is 0 Å². The lowest BCUT2D eigenvalue weighted by Crippen LogP contribution is -2.36. The maximum absolute atomic E-state index is 9.51. The van der Waals surface area contributed by atoms with Crippen molar-refractivity contribution in [3.05, 3.63) is 22.6 Å². The molecule has 1 fully saturated rings. The Labute approximate surface area is 105 Å². The standard InChI is InChI=1S/C12H18BrNO2/c1-9(15)10-4-6-14(7-5-10)8-11-2-3-12(13)16-11/h2-3,9-10,15H,4-8H2,1H3/t9-/m0/s1. The fourth-order valence-corrected chi connectivity index (χ4v) is 2.59. The van der Waals surface area contributed by atoms with Crippen molar-refractivity contribution < 1.29 is 9.52 Å². The molecule has 16 heavy (non-hydrogen) atoms. The smallest absolute Gasteiger partial charge is 0.169 e. The number of nitrogens with zero attached hydrogens (tertiary/aromatic N) is 1. The SMILES string of the molecule is C[C@H](O)C1CCN(Cc2ccc(Br)o2)CC1. The summed E-state index contributed by atoms with van der Waals surface area (Å²) in [6.07, 6.45) is 2.00. The van der Waals surface area contributed by atoms with Crippen LogP contribution in [0, 0.1) is 5.92 Å². The van der Waals surface area contributed by atoms with E-state index in [2.05, 4.69) is 20.8 Å². The highest BCUT2D eigenvalue weighted by molar-refractivity contribution is 9.10. The Morgan fingerprint density at radius 3 is 2.69 bits per heavy atom. The zero-order valence-corrected chi connectivity index (χ0v) is 11.1. The third-order valence-corrected chi connectivity index (χ3v) is 3.75. The number of likely N-dealkylation sites (tertiary alicyclic amines) is 1. The minimum Gasteiger partial charge on any atom is -0.453 e. The summed E-state index contributed by atoms with van der Waals surface area (Å²) in [5, 5.41) is 9.51. The lowest BCUT2D eigenvalue weighted by molar-refractivity contribution is 0.0672. The molecule has 1 N–H and O–H groups in total. The minimum absolute atomic E-state index is 0.167. The quantitative estimate of drug-likeness (QED) is 0.929. The van der Waals surface area contributed by atoms with Crippen molar-refractivity contribution in [2.45, 2.75) is 32.4 Å². The Morgan fingerprint density at radius 2 is 2.19 bits per heavy atom. The summed E-state index contributed by atoms with van der Waals surface area (Å²) in [5.41, 5.74) is 0. The molecule has 0 aromatic carbocycles. The van der Waals surface area contributed by atoms with Gasteiger partial charge in [-0.25, -0.2) is 0 Å². The van der Waals surface area contributed by atoms with Gasteiger partial charge in [-0.15, -0.1) is 0 Å². The van der Waals surface area contributed by atoms with Crippen LogP contribution in [0.25, 0.3) is 0 Å². The van der Waals surface area contributed by atoms with E-state index < -0.39 is 0 Å². The van der Waals surface area contributed by atoms with Crippen molar-refractivity contribution in [1.82, 2.24) is 4.90 Å². The third kappa shape index (κ3) is 3.09. The van der Waals surface area contributed by atoms with Gasteiger partial charge in [0, 0.05) is 0 Å². The van der Waals surface area contributed by atoms with Gasteiger partial charge in [0.25, 0.3) is 0 Å². The first-order valence-electron chi connectivity index (χ1n) is 5.80. The second-order valence-corrected chi connectivity index (χ2v) is 5.34. The second-order valence-electron chi connectivity index (χ2n) is 4.56. The first kappa shape index (κ1) is 12.1. The third-order valence-electron chi connectivity index (χ3n) is 3.32. The molecule has 0 spiro atoms. The van der Waals surface area contributed by atoms with E-state index in [0.29, 0.717) is 5.92 Å². The Kier molecular flexibility index (Phi) is 4.05. The van der Waals surface area contributed by atoms with Gasteiger partial charge in [0.15, 0.2) is 4.67 Å². The van der Waals surface area contributed by atoms with Crippen LogP contribution in [0.2, 0.25) is 0 Å². The van der Waals surface area contributed by atoms with E-state index in [1.807, 2.05) is 19.1 Å². The normalized spacial score (nSPS) is 21.2. The molecule has 1 aromatic heterocycles. The summed E-state index contributed by atoms with van der Waals surface area (Å²) in [6.45, 7) is 4.86. The topological polar surface area (TPSA) is 36.6 Å². The fraction of sp³-hybridized carbons (Fsp3) is 0.667. The van der Waals surface area contributed by atoms with Crippen LogP contribution in [0.4, 0.5) is 0 Å². The Hall–Kier alpha value is -0.320. The van der Waals surface area contributed by atoms with Crippen LogP contribution in [-0.4, -0.2) is 29.2 Å². The van der Waals surface area contributed by atoms with E-state index in [0.717, 1.165) is 42.9 Å². The van der Waals surface area contributed by atoms with Crippen molar-refractivity contribution in [1.29, 1.82) is 0 Å². The summed E-state index contributed by atoms with van der Waals surface area (Å²) >= 11 is 3.31. The second kappa shape index (κ2) is 5.34. The maximum atomic E-state index is 9.51. The Bertz CT molecular complexity index is 330. The summed E-state index contributed by atoms with van der Waals surface area (Å²) in [5.74, 6) is 1.47. The van der Waals surface area contributed by atoms with Gasteiger partial charge in [-0.3, -0.25) is 4.90 Å². The number of furan rings is 1. The van der Waals surface area contributed by atoms with Crippen molar-refractivity contribution in [3.8, 4) is 0 Å². The van der Waals surface area contributed by atoms with Gasteiger partial charge in [-0.05, 0) is 66.8 Å². The van der Waals surface area contributed by atoms with Gasteiger partial charge >= 0.3 is 0 Å². The first-order chi connectivity index (χ1) is 7.65. The number of aliphatic hydroxyl groups is 1. The van der Waals surface area contributed by atoms with Crippen molar-refractivity contribution in [2.24, 2.45) is 5.92 Å². The molecular weight excluding hydrogens is 270 g/mol. The molecule has 1 saturated heterocycles. The summed E-state index contributed by atoms with van der Waals surface area (Å²) in [4.78, 5) is 2.38. The van der Waals surface area contributed by atoms with Crippen molar-refractivity contribution in [2.75, 3.05) is 13.1 Å². The molecule has 1 aromatic rings. The fourth-order valence-electron chi connectivity index (χ4n) is 2.25. The van der Waals surface area contributed by atoms with Crippen LogP contribution in [-0.2, 0) is 6.54 Å². The maximum Gasteiger partial charge on any atom is 0.169 e. The zero-order valence-electron chi connectivity index (χ0n) is 9.53. The van der Waals surface area contributed by atoms with Gasteiger partial charge in [-0.1, -0.05) is 0 Å². The van der Waals surface area contributed by atoms with Gasteiger partial charge < -0.3 is 9.52 Å². The molecule has 3 nitrogen and oxygen atoms in total. The highest BCUT2D eigenvalue weighted by Gasteiger charge is 2.22. The van der Waals surface area contributed by atoms with Crippen LogP contribution in [0.15, 0.2) is 21.2 Å². The van der Waals surface area contributed by atoms with E-state index in [-0.39, 0.29) is 6.10 Å². The van der Waals surface area contributed by atoms with E-state index in [1.54, 1.807) is 0 Å². The largest absolute Gasteiger partial charge is 0.453 e. The minimum atomic E-state index is -0.167. The predicted octanol–water partition coefficient (Wildman–Crippen LogP) is 2.63. The number of rotatable bonds is 3. The molecule has 1 aliphatic rings. The van der Waals surface area contributed by atoms with E-state index in [4.69, 9.17) is 4.42 Å². The molecule has 0 aliphatic carbocycles. The van der Waals surface area contributed by atoms with Crippen LogP contribution in [0.3, 0.4) is 0 Å². The number of aliphatic hydroxyl groups excluding tert-OH is 1. The molecule has 0 radical (unpaired) electrons.